The van der Waals surface area contributed by atoms with E-state index < -0.39 is 43.3 Å². The van der Waals surface area contributed by atoms with Gasteiger partial charge in [-0.1, -0.05) is 0 Å². The molecule has 1 N–H and O–H groups in total. The van der Waals surface area contributed by atoms with Crippen molar-refractivity contribution in [3.63, 3.8) is 0 Å². The molecule has 4 nitrogen and oxygen atoms in total. The van der Waals surface area contributed by atoms with Crippen molar-refractivity contribution in [3.05, 3.63) is 47.3 Å². The van der Waals surface area contributed by atoms with Crippen LogP contribution in [0.1, 0.15) is 16.8 Å². The van der Waals surface area contributed by atoms with Crippen LogP contribution >= 0.6 is 0 Å². The fourth-order valence-corrected chi connectivity index (χ4v) is 2.57. The summed E-state index contributed by atoms with van der Waals surface area (Å²) in [4.78, 5) is 19.3. The Balaban J connectivity index is 1.78. The van der Waals surface area contributed by atoms with E-state index in [1.807, 2.05) is 0 Å². The fourth-order valence-electron chi connectivity index (χ4n) is 2.57. The average molecular weight is 389 g/mol. The molecule has 0 aliphatic carbocycles. The number of nitrogens with zero attached hydrogens (tertiary/aromatic N) is 2. The Kier molecular flexibility index (Phi) is 4.75. The zero-order chi connectivity index (χ0) is 19.8. The van der Waals surface area contributed by atoms with Crippen molar-refractivity contribution >= 4 is 12.0 Å². The third kappa shape index (κ3) is 4.32. The van der Waals surface area contributed by atoms with Gasteiger partial charge in [-0.2, -0.15) is 13.2 Å². The normalized spacial score (nSPS) is 16.6. The molecule has 10 heteroatoms. The van der Waals surface area contributed by atoms with Gasteiger partial charge in [0, 0.05) is 11.6 Å². The quantitative estimate of drug-likeness (QED) is 0.634. The van der Waals surface area contributed by atoms with Gasteiger partial charge >= 0.3 is 6.18 Å². The molecule has 0 spiro atoms. The molecule has 3 rings (SSSR count). The lowest BCUT2D eigenvalue weighted by molar-refractivity contribution is -0.160. The minimum atomic E-state index is -4.64. The molecule has 27 heavy (non-hydrogen) atoms. The number of likely N-dealkylation sites (tertiary alicyclic amines) is 1. The Morgan fingerprint density at radius 2 is 1.96 bits per heavy atom. The highest BCUT2D eigenvalue weighted by atomic mass is 19.4. The minimum Gasteiger partial charge on any atom is -0.338 e. The van der Waals surface area contributed by atoms with E-state index >= 15 is 0 Å². The number of carbonyl (C=O) groups excluding carboxylic acids is 1. The minimum absolute atomic E-state index is 0.0332. The summed E-state index contributed by atoms with van der Waals surface area (Å²) >= 11 is 0. The monoisotopic (exact) mass is 389 g/mol. The first-order valence-electron chi connectivity index (χ1n) is 7.75. The van der Waals surface area contributed by atoms with Crippen LogP contribution in [0.4, 0.5) is 26.3 Å². The summed E-state index contributed by atoms with van der Waals surface area (Å²) in [7, 11) is 0. The standard InChI is InChI=1S/C17H13F6N3O/c18-6-10-3-11(5-12(4-10)17(21,22)23)15-24-7-13(25-15)1-2-14(27)26-8-16(19,20)9-26/h1-5,7H,6,8-9H2,(H,24,25)/b2-1-. The first kappa shape index (κ1) is 19.0. The highest BCUT2D eigenvalue weighted by Gasteiger charge is 2.45. The zero-order valence-corrected chi connectivity index (χ0v) is 13.7. The highest BCUT2D eigenvalue weighted by Crippen LogP contribution is 2.33. The SMILES string of the molecule is O=C(/C=C\c1cnc(-c2cc(CF)cc(C(F)(F)F)c2)[nH]1)N1CC(F)(F)C1. The van der Waals surface area contributed by atoms with Gasteiger partial charge in [0.2, 0.25) is 5.91 Å². The maximum Gasteiger partial charge on any atom is 0.416 e. The van der Waals surface area contributed by atoms with E-state index in [-0.39, 0.29) is 22.6 Å². The smallest absolute Gasteiger partial charge is 0.338 e. The molecule has 0 atom stereocenters. The van der Waals surface area contributed by atoms with Crippen LogP contribution in [0.5, 0.6) is 0 Å². The summed E-state index contributed by atoms with van der Waals surface area (Å²) in [5.41, 5.74) is -0.840. The second kappa shape index (κ2) is 6.75. The van der Waals surface area contributed by atoms with Crippen LogP contribution in [0.2, 0.25) is 0 Å². The molecule has 0 radical (unpaired) electrons. The fraction of sp³-hybridized carbons (Fsp3) is 0.294. The molecule has 1 aliphatic heterocycles. The van der Waals surface area contributed by atoms with Crippen LogP contribution in [0.3, 0.4) is 0 Å². The summed E-state index contributed by atoms with van der Waals surface area (Å²) < 4.78 is 77.1. The maximum atomic E-state index is 12.9. The number of hydrogen-bond donors (Lipinski definition) is 1. The maximum absolute atomic E-state index is 12.9. The lowest BCUT2D eigenvalue weighted by Crippen LogP contribution is -2.57. The van der Waals surface area contributed by atoms with E-state index in [1.54, 1.807) is 0 Å². The molecule has 1 aliphatic rings. The Bertz CT molecular complexity index is 879. The van der Waals surface area contributed by atoms with Gasteiger partial charge in [0.05, 0.1) is 30.5 Å². The Hall–Kier alpha value is -2.78. The largest absolute Gasteiger partial charge is 0.416 e. The van der Waals surface area contributed by atoms with Gasteiger partial charge in [-0.25, -0.2) is 18.2 Å². The van der Waals surface area contributed by atoms with Gasteiger partial charge in [-0.15, -0.1) is 0 Å². The molecule has 1 aromatic carbocycles. The second-order valence-corrected chi connectivity index (χ2v) is 6.12. The number of aromatic amines is 1. The van der Waals surface area contributed by atoms with Crippen molar-refractivity contribution in [3.8, 4) is 11.4 Å². The van der Waals surface area contributed by atoms with E-state index in [1.165, 1.54) is 18.3 Å². The Labute approximate surface area is 149 Å². The van der Waals surface area contributed by atoms with E-state index in [9.17, 15) is 31.1 Å². The van der Waals surface area contributed by atoms with Gasteiger partial charge in [0.15, 0.2) is 0 Å². The predicted molar refractivity (Wildman–Crippen MR) is 84.4 cm³/mol. The van der Waals surface area contributed by atoms with Crippen LogP contribution in [-0.2, 0) is 17.6 Å². The number of benzene rings is 1. The summed E-state index contributed by atoms with van der Waals surface area (Å²) in [6.45, 7) is -2.37. The van der Waals surface area contributed by atoms with E-state index in [2.05, 4.69) is 9.97 Å². The van der Waals surface area contributed by atoms with E-state index in [0.29, 0.717) is 0 Å². The number of nitrogens with one attached hydrogen (secondary N) is 1. The van der Waals surface area contributed by atoms with Crippen LogP contribution in [0.25, 0.3) is 17.5 Å². The van der Waals surface area contributed by atoms with Crippen LogP contribution in [0, 0.1) is 0 Å². The second-order valence-electron chi connectivity index (χ2n) is 6.12. The molecule has 144 valence electrons. The number of halogens is 6. The Morgan fingerprint density at radius 3 is 2.56 bits per heavy atom. The van der Waals surface area contributed by atoms with Crippen molar-refractivity contribution < 1.29 is 31.1 Å². The number of carbonyl (C=O) groups is 1. The van der Waals surface area contributed by atoms with Crippen molar-refractivity contribution in [1.82, 2.24) is 14.9 Å². The number of alkyl halides is 6. The molecule has 1 aromatic heterocycles. The predicted octanol–water partition coefficient (Wildman–Crippen LogP) is 4.06. The van der Waals surface area contributed by atoms with Crippen molar-refractivity contribution in [2.75, 3.05) is 13.1 Å². The third-order valence-corrected chi connectivity index (χ3v) is 3.90. The topological polar surface area (TPSA) is 49.0 Å². The summed E-state index contributed by atoms with van der Waals surface area (Å²) in [5.74, 6) is -3.43. The third-order valence-electron chi connectivity index (χ3n) is 3.90. The highest BCUT2D eigenvalue weighted by molar-refractivity contribution is 5.92. The molecule has 1 saturated heterocycles. The van der Waals surface area contributed by atoms with Crippen LogP contribution in [-0.4, -0.2) is 39.8 Å². The lowest BCUT2D eigenvalue weighted by Gasteiger charge is -2.37. The lowest BCUT2D eigenvalue weighted by atomic mass is 10.1. The summed E-state index contributed by atoms with van der Waals surface area (Å²) in [6, 6.07) is 2.78. The van der Waals surface area contributed by atoms with Gasteiger partial charge in [-0.3, -0.25) is 4.79 Å². The first-order valence-corrected chi connectivity index (χ1v) is 7.75. The molecular weight excluding hydrogens is 376 g/mol. The van der Waals surface area contributed by atoms with Crippen molar-refractivity contribution in [2.45, 2.75) is 18.8 Å². The van der Waals surface area contributed by atoms with Crippen molar-refractivity contribution in [2.24, 2.45) is 0 Å². The first-order chi connectivity index (χ1) is 12.6. The Morgan fingerprint density at radius 1 is 1.26 bits per heavy atom. The van der Waals surface area contributed by atoms with E-state index in [4.69, 9.17) is 0 Å². The average Bonchev–Trinajstić information content (AvgIpc) is 3.05. The zero-order valence-electron chi connectivity index (χ0n) is 13.7. The van der Waals surface area contributed by atoms with Gasteiger partial charge < -0.3 is 9.88 Å². The summed E-state index contributed by atoms with van der Waals surface area (Å²) in [6.07, 6.45) is -1.04. The number of rotatable bonds is 4. The summed E-state index contributed by atoms with van der Waals surface area (Å²) in [5, 5.41) is 0. The number of imidazole rings is 1. The molecule has 0 saturated carbocycles. The van der Waals surface area contributed by atoms with Gasteiger partial charge in [-0.05, 0) is 29.8 Å². The molecule has 1 fully saturated rings. The molecule has 2 aromatic rings. The number of hydrogen-bond acceptors (Lipinski definition) is 2. The molecule has 0 bridgehead atoms. The van der Waals surface area contributed by atoms with Crippen LogP contribution in [0.15, 0.2) is 30.5 Å². The van der Waals surface area contributed by atoms with Crippen LogP contribution < -0.4 is 0 Å². The molecule has 1 amide bonds. The van der Waals surface area contributed by atoms with Crippen molar-refractivity contribution in [1.29, 1.82) is 0 Å². The molecular formula is C17H13F6N3O. The number of aromatic nitrogens is 2. The molecule has 2 heterocycles. The number of H-pyrrole nitrogens is 1. The van der Waals surface area contributed by atoms with Gasteiger partial charge in [0.1, 0.15) is 12.5 Å². The molecule has 0 unspecified atom stereocenters. The van der Waals surface area contributed by atoms with Gasteiger partial charge in [0.25, 0.3) is 5.92 Å². The number of amides is 1. The van der Waals surface area contributed by atoms with E-state index in [0.717, 1.165) is 23.1 Å².